The van der Waals surface area contributed by atoms with Crippen LogP contribution >= 0.6 is 12.6 Å². The van der Waals surface area contributed by atoms with Crippen LogP contribution < -0.4 is 0 Å². The van der Waals surface area contributed by atoms with E-state index >= 15 is 0 Å². The van der Waals surface area contributed by atoms with Crippen molar-refractivity contribution >= 4 is 18.4 Å². The number of ketones is 1. The van der Waals surface area contributed by atoms with E-state index < -0.39 is 6.43 Å². The van der Waals surface area contributed by atoms with E-state index in [1.807, 2.05) is 0 Å². The smallest absolute Gasteiger partial charge is 0.264 e. The molecular formula is C10H10F2OS. The summed E-state index contributed by atoms with van der Waals surface area (Å²) in [5.41, 5.74) is 0.436. The SMILES string of the molecule is CC(=O)Cc1cccc(C(F)F)c1S. The van der Waals surface area contributed by atoms with E-state index in [0.29, 0.717) is 5.56 Å². The number of Topliss-reactive ketones (excluding diaryl/α,β-unsaturated/α-hetero) is 1. The van der Waals surface area contributed by atoms with Crippen LogP contribution in [0.1, 0.15) is 24.5 Å². The van der Waals surface area contributed by atoms with Gasteiger partial charge in [-0.05, 0) is 12.5 Å². The van der Waals surface area contributed by atoms with Crippen LogP contribution in [0.15, 0.2) is 23.1 Å². The summed E-state index contributed by atoms with van der Waals surface area (Å²) >= 11 is 3.99. The first-order valence-corrected chi connectivity index (χ1v) is 4.55. The van der Waals surface area contributed by atoms with E-state index in [1.165, 1.54) is 19.1 Å². The van der Waals surface area contributed by atoms with Crippen LogP contribution in [0.2, 0.25) is 0 Å². The van der Waals surface area contributed by atoms with Gasteiger partial charge in [0.25, 0.3) is 6.43 Å². The second-order valence-corrected chi connectivity index (χ2v) is 3.48. The third-order valence-corrected chi connectivity index (χ3v) is 2.37. The topological polar surface area (TPSA) is 17.1 Å². The van der Waals surface area contributed by atoms with Crippen molar-refractivity contribution in [3.05, 3.63) is 29.3 Å². The van der Waals surface area contributed by atoms with Gasteiger partial charge in [0.05, 0.1) is 0 Å². The molecule has 0 radical (unpaired) electrons. The highest BCUT2D eigenvalue weighted by molar-refractivity contribution is 7.80. The summed E-state index contributed by atoms with van der Waals surface area (Å²) in [6.07, 6.45) is -2.39. The van der Waals surface area contributed by atoms with E-state index in [0.717, 1.165) is 0 Å². The minimum atomic E-state index is -2.55. The Morgan fingerprint density at radius 1 is 1.50 bits per heavy atom. The predicted molar refractivity (Wildman–Crippen MR) is 53.0 cm³/mol. The summed E-state index contributed by atoms with van der Waals surface area (Å²) in [5.74, 6) is -0.0632. The zero-order chi connectivity index (χ0) is 10.7. The van der Waals surface area contributed by atoms with Crippen molar-refractivity contribution in [2.75, 3.05) is 0 Å². The van der Waals surface area contributed by atoms with Crippen molar-refractivity contribution in [1.29, 1.82) is 0 Å². The molecule has 14 heavy (non-hydrogen) atoms. The molecule has 0 bridgehead atoms. The molecule has 0 aliphatic carbocycles. The molecular weight excluding hydrogens is 206 g/mol. The number of hydrogen-bond donors (Lipinski definition) is 1. The fourth-order valence-electron chi connectivity index (χ4n) is 1.20. The molecule has 0 amide bonds. The molecule has 0 saturated heterocycles. The highest BCUT2D eigenvalue weighted by Gasteiger charge is 2.13. The molecule has 0 aliphatic heterocycles. The summed E-state index contributed by atoms with van der Waals surface area (Å²) in [5, 5.41) is 0. The number of halogens is 2. The van der Waals surface area contributed by atoms with E-state index in [2.05, 4.69) is 12.6 Å². The molecule has 76 valence electrons. The van der Waals surface area contributed by atoms with Crippen molar-refractivity contribution in [3.63, 3.8) is 0 Å². The predicted octanol–water partition coefficient (Wildman–Crippen LogP) is 3.04. The summed E-state index contributed by atoms with van der Waals surface area (Å²) in [7, 11) is 0. The Bertz CT molecular complexity index is 350. The number of benzene rings is 1. The van der Waals surface area contributed by atoms with Crippen LogP contribution in [-0.2, 0) is 11.2 Å². The molecule has 0 heterocycles. The molecule has 0 aromatic heterocycles. The molecule has 0 spiro atoms. The maximum Gasteiger partial charge on any atom is 0.264 e. The fraction of sp³-hybridized carbons (Fsp3) is 0.300. The van der Waals surface area contributed by atoms with E-state index in [9.17, 15) is 13.6 Å². The number of thiol groups is 1. The summed E-state index contributed by atoms with van der Waals surface area (Å²) in [6, 6.07) is 4.46. The maximum absolute atomic E-state index is 12.4. The number of hydrogen-bond acceptors (Lipinski definition) is 2. The van der Waals surface area contributed by atoms with Crippen LogP contribution in [0.5, 0.6) is 0 Å². The zero-order valence-corrected chi connectivity index (χ0v) is 8.52. The van der Waals surface area contributed by atoms with Crippen LogP contribution in [-0.4, -0.2) is 5.78 Å². The Morgan fingerprint density at radius 3 is 2.64 bits per heavy atom. The van der Waals surface area contributed by atoms with Gasteiger partial charge in [-0.1, -0.05) is 18.2 Å². The van der Waals surface area contributed by atoms with Gasteiger partial charge in [0.2, 0.25) is 0 Å². The molecule has 0 unspecified atom stereocenters. The largest absolute Gasteiger partial charge is 0.300 e. The Hall–Kier alpha value is -0.900. The lowest BCUT2D eigenvalue weighted by molar-refractivity contribution is -0.116. The highest BCUT2D eigenvalue weighted by atomic mass is 32.1. The first-order chi connectivity index (χ1) is 6.52. The minimum Gasteiger partial charge on any atom is -0.300 e. The first kappa shape index (κ1) is 11.2. The van der Waals surface area contributed by atoms with Crippen molar-refractivity contribution in [3.8, 4) is 0 Å². The summed E-state index contributed by atoms with van der Waals surface area (Å²) in [4.78, 5) is 11.0. The van der Waals surface area contributed by atoms with Crippen molar-refractivity contribution in [2.24, 2.45) is 0 Å². The van der Waals surface area contributed by atoms with Gasteiger partial charge in [-0.25, -0.2) is 8.78 Å². The van der Waals surface area contributed by atoms with Crippen molar-refractivity contribution in [2.45, 2.75) is 24.7 Å². The van der Waals surface area contributed by atoms with Crippen LogP contribution in [0.4, 0.5) is 8.78 Å². The number of alkyl halides is 2. The number of rotatable bonds is 3. The highest BCUT2D eigenvalue weighted by Crippen LogP contribution is 2.28. The molecule has 1 aromatic carbocycles. The van der Waals surface area contributed by atoms with Crippen molar-refractivity contribution < 1.29 is 13.6 Å². The van der Waals surface area contributed by atoms with Crippen LogP contribution in [0.25, 0.3) is 0 Å². The van der Waals surface area contributed by atoms with Gasteiger partial charge in [0.1, 0.15) is 5.78 Å². The number of carbonyl (C=O) groups is 1. The second-order valence-electron chi connectivity index (χ2n) is 3.03. The van der Waals surface area contributed by atoms with Gasteiger partial charge in [0.15, 0.2) is 0 Å². The molecule has 1 rings (SSSR count). The normalized spacial score (nSPS) is 10.6. The average Bonchev–Trinajstić information content (AvgIpc) is 2.07. The summed E-state index contributed by atoms with van der Waals surface area (Å²) < 4.78 is 24.8. The third kappa shape index (κ3) is 2.54. The monoisotopic (exact) mass is 216 g/mol. The molecule has 0 saturated carbocycles. The van der Waals surface area contributed by atoms with Gasteiger partial charge in [0, 0.05) is 16.9 Å². The van der Waals surface area contributed by atoms with Gasteiger partial charge >= 0.3 is 0 Å². The van der Waals surface area contributed by atoms with Crippen molar-refractivity contribution in [1.82, 2.24) is 0 Å². The molecule has 1 nitrogen and oxygen atoms in total. The Labute approximate surface area is 86.5 Å². The van der Waals surface area contributed by atoms with Gasteiger partial charge < -0.3 is 0 Å². The third-order valence-electron chi connectivity index (χ3n) is 1.83. The maximum atomic E-state index is 12.4. The zero-order valence-electron chi connectivity index (χ0n) is 7.63. The Kier molecular flexibility index (Phi) is 3.63. The number of carbonyl (C=O) groups excluding carboxylic acids is 1. The fourth-order valence-corrected chi connectivity index (χ4v) is 1.52. The van der Waals surface area contributed by atoms with Gasteiger partial charge in [-0.15, -0.1) is 12.6 Å². The standard InChI is InChI=1S/C10H10F2OS/c1-6(13)5-7-3-2-4-8(9(7)14)10(11)12/h2-4,10,14H,5H2,1H3. The quantitative estimate of drug-likeness (QED) is 0.768. The Balaban J connectivity index is 3.07. The molecule has 0 aliphatic rings. The Morgan fingerprint density at radius 2 is 2.14 bits per heavy atom. The lowest BCUT2D eigenvalue weighted by Gasteiger charge is -2.08. The molecule has 0 atom stereocenters. The lowest BCUT2D eigenvalue weighted by Crippen LogP contribution is -1.99. The van der Waals surface area contributed by atoms with E-state index in [-0.39, 0.29) is 22.7 Å². The average molecular weight is 216 g/mol. The minimum absolute atomic E-state index is 0.0632. The van der Waals surface area contributed by atoms with Crippen LogP contribution in [0.3, 0.4) is 0 Å². The first-order valence-electron chi connectivity index (χ1n) is 4.10. The van der Waals surface area contributed by atoms with Gasteiger partial charge in [-0.3, -0.25) is 4.79 Å². The molecule has 0 N–H and O–H groups in total. The lowest BCUT2D eigenvalue weighted by atomic mass is 10.1. The second kappa shape index (κ2) is 4.55. The van der Waals surface area contributed by atoms with E-state index in [1.54, 1.807) is 6.07 Å². The van der Waals surface area contributed by atoms with E-state index in [4.69, 9.17) is 0 Å². The van der Waals surface area contributed by atoms with Crippen LogP contribution in [0, 0.1) is 0 Å². The summed E-state index contributed by atoms with van der Waals surface area (Å²) in [6.45, 7) is 1.42. The molecule has 0 fully saturated rings. The molecule has 1 aromatic rings. The molecule has 4 heteroatoms. The van der Waals surface area contributed by atoms with Gasteiger partial charge in [-0.2, -0.15) is 0 Å².